The smallest absolute Gasteiger partial charge is 0.0330 e. The van der Waals surface area contributed by atoms with Crippen molar-refractivity contribution in [3.63, 3.8) is 0 Å². The number of nitrogens with one attached hydrogen (secondary N) is 1. The van der Waals surface area contributed by atoms with Crippen LogP contribution in [0.2, 0.25) is 0 Å². The van der Waals surface area contributed by atoms with Gasteiger partial charge in [0.15, 0.2) is 0 Å². The van der Waals surface area contributed by atoms with Crippen LogP contribution in [0.15, 0.2) is 0 Å². The highest BCUT2D eigenvalue weighted by atomic mass is 15.3. The molecule has 1 atom stereocenters. The van der Waals surface area contributed by atoms with E-state index in [2.05, 4.69) is 36.1 Å². The lowest BCUT2D eigenvalue weighted by Crippen LogP contribution is -2.57. The van der Waals surface area contributed by atoms with Gasteiger partial charge in [0.05, 0.1) is 0 Å². The molecule has 3 heteroatoms. The van der Waals surface area contributed by atoms with Crippen molar-refractivity contribution >= 4 is 0 Å². The molecule has 1 saturated carbocycles. The summed E-state index contributed by atoms with van der Waals surface area (Å²) in [5, 5.41) is 3.66. The van der Waals surface area contributed by atoms with Crippen molar-refractivity contribution in [1.29, 1.82) is 0 Å². The standard InChI is InChI=1S/C14H29N3/c1-4-9-15-13-6-10-17(11-13)12-14(16(2)3)7-5-8-14/h13,15H,4-12H2,1-3H3. The van der Waals surface area contributed by atoms with Crippen LogP contribution >= 0.6 is 0 Å². The summed E-state index contributed by atoms with van der Waals surface area (Å²) in [7, 11) is 4.50. The second kappa shape index (κ2) is 5.68. The van der Waals surface area contributed by atoms with Gasteiger partial charge in [-0.05, 0) is 59.3 Å². The summed E-state index contributed by atoms with van der Waals surface area (Å²) in [6, 6.07) is 0.745. The SMILES string of the molecule is CCCNC1CCN(CC2(N(C)C)CCC2)C1. The molecule has 0 amide bonds. The van der Waals surface area contributed by atoms with Crippen molar-refractivity contribution < 1.29 is 0 Å². The third-order valence-electron chi connectivity index (χ3n) is 4.71. The maximum atomic E-state index is 3.66. The minimum Gasteiger partial charge on any atom is -0.313 e. The van der Waals surface area contributed by atoms with Gasteiger partial charge in [0.2, 0.25) is 0 Å². The second-order valence-electron chi connectivity index (χ2n) is 6.15. The van der Waals surface area contributed by atoms with Gasteiger partial charge in [0.25, 0.3) is 0 Å². The minimum absolute atomic E-state index is 0.500. The predicted octanol–water partition coefficient (Wildman–Crippen LogP) is 1.54. The molecule has 1 heterocycles. The number of likely N-dealkylation sites (N-methyl/N-ethyl adjacent to an activating group) is 1. The largest absolute Gasteiger partial charge is 0.313 e. The normalized spacial score (nSPS) is 28.6. The fourth-order valence-corrected chi connectivity index (χ4v) is 3.24. The third-order valence-corrected chi connectivity index (χ3v) is 4.71. The first-order valence-electron chi connectivity index (χ1n) is 7.29. The Balaban J connectivity index is 1.77. The van der Waals surface area contributed by atoms with E-state index in [1.807, 2.05) is 0 Å². The Morgan fingerprint density at radius 3 is 2.65 bits per heavy atom. The van der Waals surface area contributed by atoms with Crippen LogP contribution in [-0.2, 0) is 0 Å². The van der Waals surface area contributed by atoms with E-state index < -0.39 is 0 Å². The fraction of sp³-hybridized carbons (Fsp3) is 1.00. The Hall–Kier alpha value is -0.120. The molecular formula is C14H29N3. The van der Waals surface area contributed by atoms with E-state index in [0.717, 1.165) is 6.04 Å². The van der Waals surface area contributed by atoms with Gasteiger partial charge in [0.1, 0.15) is 0 Å². The lowest BCUT2D eigenvalue weighted by atomic mass is 9.75. The van der Waals surface area contributed by atoms with Crippen molar-refractivity contribution in [2.75, 3.05) is 40.3 Å². The van der Waals surface area contributed by atoms with Crippen LogP contribution < -0.4 is 5.32 Å². The Labute approximate surface area is 107 Å². The Bertz CT molecular complexity index is 236. The Kier molecular flexibility index (Phi) is 4.45. The van der Waals surface area contributed by atoms with Gasteiger partial charge in [0, 0.05) is 24.7 Å². The van der Waals surface area contributed by atoms with E-state index in [-0.39, 0.29) is 0 Å². The molecule has 1 unspecified atom stereocenters. The molecule has 1 aliphatic heterocycles. The quantitative estimate of drug-likeness (QED) is 0.758. The lowest BCUT2D eigenvalue weighted by molar-refractivity contribution is 0.0267. The lowest BCUT2D eigenvalue weighted by Gasteiger charge is -2.49. The van der Waals surface area contributed by atoms with Gasteiger partial charge >= 0.3 is 0 Å². The number of nitrogens with zero attached hydrogens (tertiary/aromatic N) is 2. The second-order valence-corrected chi connectivity index (χ2v) is 6.15. The first kappa shape index (κ1) is 13.3. The summed E-state index contributed by atoms with van der Waals surface area (Å²) < 4.78 is 0. The van der Waals surface area contributed by atoms with E-state index in [1.165, 1.54) is 58.3 Å². The molecule has 2 aliphatic rings. The zero-order chi connectivity index (χ0) is 12.3. The topological polar surface area (TPSA) is 18.5 Å². The first-order valence-corrected chi connectivity index (χ1v) is 7.29. The molecule has 1 saturated heterocycles. The third kappa shape index (κ3) is 3.01. The van der Waals surface area contributed by atoms with Crippen LogP contribution in [-0.4, -0.2) is 61.7 Å². The number of rotatable bonds is 6. The molecule has 0 radical (unpaired) electrons. The molecule has 0 aromatic rings. The van der Waals surface area contributed by atoms with Gasteiger partial charge in [-0.2, -0.15) is 0 Å². The molecule has 2 rings (SSSR count). The molecule has 2 fully saturated rings. The summed E-state index contributed by atoms with van der Waals surface area (Å²) in [6.07, 6.45) is 6.79. The molecule has 0 spiro atoms. The maximum absolute atomic E-state index is 3.66. The van der Waals surface area contributed by atoms with Crippen LogP contribution in [0.4, 0.5) is 0 Å². The number of likely N-dealkylation sites (tertiary alicyclic amines) is 1. The average molecular weight is 239 g/mol. The highest BCUT2D eigenvalue weighted by Gasteiger charge is 2.41. The van der Waals surface area contributed by atoms with Crippen LogP contribution in [0, 0.1) is 0 Å². The van der Waals surface area contributed by atoms with E-state index >= 15 is 0 Å². The van der Waals surface area contributed by atoms with Gasteiger partial charge in [-0.1, -0.05) is 6.92 Å². The predicted molar refractivity (Wildman–Crippen MR) is 73.4 cm³/mol. The molecular weight excluding hydrogens is 210 g/mol. The maximum Gasteiger partial charge on any atom is 0.0330 e. The summed E-state index contributed by atoms with van der Waals surface area (Å²) in [6.45, 7) is 7.25. The van der Waals surface area contributed by atoms with Crippen LogP contribution in [0.25, 0.3) is 0 Å². The van der Waals surface area contributed by atoms with Crippen molar-refractivity contribution in [3.05, 3.63) is 0 Å². The van der Waals surface area contributed by atoms with Crippen LogP contribution in [0.5, 0.6) is 0 Å². The fourth-order valence-electron chi connectivity index (χ4n) is 3.24. The molecule has 1 N–H and O–H groups in total. The summed E-state index contributed by atoms with van der Waals surface area (Å²) in [5.41, 5.74) is 0.500. The summed E-state index contributed by atoms with van der Waals surface area (Å²) in [4.78, 5) is 5.13. The van der Waals surface area contributed by atoms with Gasteiger partial charge < -0.3 is 10.2 Å². The molecule has 3 nitrogen and oxygen atoms in total. The monoisotopic (exact) mass is 239 g/mol. The molecule has 100 valence electrons. The van der Waals surface area contributed by atoms with Crippen LogP contribution in [0.3, 0.4) is 0 Å². The van der Waals surface area contributed by atoms with Gasteiger partial charge in [-0.25, -0.2) is 0 Å². The average Bonchev–Trinajstić information content (AvgIpc) is 2.67. The molecule has 0 aromatic heterocycles. The van der Waals surface area contributed by atoms with E-state index in [4.69, 9.17) is 0 Å². The number of hydrogen-bond acceptors (Lipinski definition) is 3. The molecule has 1 aliphatic carbocycles. The first-order chi connectivity index (χ1) is 8.16. The van der Waals surface area contributed by atoms with Crippen LogP contribution in [0.1, 0.15) is 39.0 Å². The molecule has 17 heavy (non-hydrogen) atoms. The minimum atomic E-state index is 0.500. The van der Waals surface area contributed by atoms with E-state index in [9.17, 15) is 0 Å². The Morgan fingerprint density at radius 1 is 1.35 bits per heavy atom. The summed E-state index contributed by atoms with van der Waals surface area (Å²) in [5.74, 6) is 0. The zero-order valence-electron chi connectivity index (χ0n) is 11.8. The van der Waals surface area contributed by atoms with E-state index in [1.54, 1.807) is 0 Å². The van der Waals surface area contributed by atoms with Crippen molar-refractivity contribution in [2.45, 2.75) is 50.6 Å². The number of hydrogen-bond donors (Lipinski definition) is 1. The zero-order valence-corrected chi connectivity index (χ0v) is 11.8. The molecule has 0 bridgehead atoms. The highest BCUT2D eigenvalue weighted by Crippen LogP contribution is 2.37. The van der Waals surface area contributed by atoms with Crippen molar-refractivity contribution in [3.8, 4) is 0 Å². The van der Waals surface area contributed by atoms with Crippen molar-refractivity contribution in [1.82, 2.24) is 15.1 Å². The summed E-state index contributed by atoms with van der Waals surface area (Å²) >= 11 is 0. The van der Waals surface area contributed by atoms with Gasteiger partial charge in [-0.3, -0.25) is 4.90 Å². The van der Waals surface area contributed by atoms with E-state index in [0.29, 0.717) is 5.54 Å². The molecule has 0 aromatic carbocycles. The van der Waals surface area contributed by atoms with Crippen molar-refractivity contribution in [2.24, 2.45) is 0 Å². The van der Waals surface area contributed by atoms with Gasteiger partial charge in [-0.15, -0.1) is 0 Å². The highest BCUT2D eigenvalue weighted by molar-refractivity contribution is 4.99. The Morgan fingerprint density at radius 2 is 2.12 bits per heavy atom.